The highest BCUT2D eigenvalue weighted by atomic mass is 19.4. The predicted octanol–water partition coefficient (Wildman–Crippen LogP) is 3.28. The first kappa shape index (κ1) is 18.7. The molecule has 9 heteroatoms. The zero-order chi connectivity index (χ0) is 19.4. The van der Waals surface area contributed by atoms with Crippen molar-refractivity contribution in [2.75, 3.05) is 30.4 Å². The van der Waals surface area contributed by atoms with Crippen LogP contribution < -0.4 is 15.0 Å². The van der Waals surface area contributed by atoms with Crippen LogP contribution in [0.15, 0.2) is 48.2 Å². The van der Waals surface area contributed by atoms with Crippen LogP contribution in [0.2, 0.25) is 0 Å². The molecule has 0 saturated heterocycles. The minimum atomic E-state index is -4.40. The van der Waals surface area contributed by atoms with Gasteiger partial charge in [0, 0.05) is 36.6 Å². The van der Waals surface area contributed by atoms with E-state index >= 15 is 0 Å². The molecule has 2 aromatic rings. The lowest BCUT2D eigenvalue weighted by atomic mass is 10.1. The second kappa shape index (κ2) is 7.65. The molecule has 0 atom stereocenters. The first-order chi connectivity index (χ1) is 12.9. The molecular formula is C18H17F3N4O2. The molecule has 1 amide bonds. The zero-order valence-corrected chi connectivity index (χ0v) is 14.5. The fourth-order valence-corrected chi connectivity index (χ4v) is 2.61. The Morgan fingerprint density at radius 1 is 1.22 bits per heavy atom. The Bertz CT molecular complexity index is 850. The Morgan fingerprint density at radius 3 is 2.56 bits per heavy atom. The largest absolute Gasteiger partial charge is 0.481 e. The van der Waals surface area contributed by atoms with E-state index in [0.717, 1.165) is 12.1 Å². The average molecular weight is 378 g/mol. The minimum Gasteiger partial charge on any atom is -0.481 e. The monoisotopic (exact) mass is 378 g/mol. The Labute approximate surface area is 153 Å². The van der Waals surface area contributed by atoms with E-state index < -0.39 is 11.7 Å². The molecule has 3 rings (SSSR count). The molecule has 2 heterocycles. The Hall–Kier alpha value is -3.10. The number of ether oxygens (including phenoxy) is 1. The maximum atomic E-state index is 12.6. The summed E-state index contributed by atoms with van der Waals surface area (Å²) < 4.78 is 42.8. The van der Waals surface area contributed by atoms with E-state index in [2.05, 4.69) is 15.3 Å². The van der Waals surface area contributed by atoms with E-state index in [9.17, 15) is 18.0 Å². The van der Waals surface area contributed by atoms with Crippen LogP contribution in [0, 0.1) is 0 Å². The van der Waals surface area contributed by atoms with Gasteiger partial charge in [-0.05, 0) is 30.7 Å². The average Bonchev–Trinajstić information content (AvgIpc) is 2.68. The number of alkyl halides is 3. The van der Waals surface area contributed by atoms with Crippen molar-refractivity contribution in [3.8, 4) is 5.88 Å². The molecule has 0 bridgehead atoms. The molecular weight excluding hydrogens is 361 g/mol. The summed E-state index contributed by atoms with van der Waals surface area (Å²) in [4.78, 5) is 22.7. The molecule has 0 aliphatic carbocycles. The standard InChI is InChI=1S/C18H17F3N4O2/c1-27-15-6-9-22-17(24-15)25-10-7-12(8-11-25)16(26)23-14-4-2-13(3-5-14)18(19,20)21/h2-7,9H,8,10-11H2,1H3,(H,23,26). The third-order valence-corrected chi connectivity index (χ3v) is 4.08. The highest BCUT2D eigenvalue weighted by Crippen LogP contribution is 2.30. The van der Waals surface area contributed by atoms with Gasteiger partial charge < -0.3 is 15.0 Å². The summed E-state index contributed by atoms with van der Waals surface area (Å²) in [6.45, 7) is 0.988. The quantitative estimate of drug-likeness (QED) is 0.885. The summed E-state index contributed by atoms with van der Waals surface area (Å²) in [5, 5.41) is 2.62. The predicted molar refractivity (Wildman–Crippen MR) is 93.6 cm³/mol. The van der Waals surface area contributed by atoms with Gasteiger partial charge in [0.2, 0.25) is 11.8 Å². The smallest absolute Gasteiger partial charge is 0.416 e. The van der Waals surface area contributed by atoms with Gasteiger partial charge in [0.05, 0.1) is 12.7 Å². The second-order valence-electron chi connectivity index (χ2n) is 5.85. The van der Waals surface area contributed by atoms with Crippen molar-refractivity contribution >= 4 is 17.5 Å². The number of methoxy groups -OCH3 is 1. The molecule has 1 N–H and O–H groups in total. The Morgan fingerprint density at radius 2 is 1.96 bits per heavy atom. The van der Waals surface area contributed by atoms with Crippen molar-refractivity contribution in [3.05, 3.63) is 53.7 Å². The summed E-state index contributed by atoms with van der Waals surface area (Å²) in [5.41, 5.74) is 0.118. The number of benzene rings is 1. The number of nitrogens with zero attached hydrogens (tertiary/aromatic N) is 3. The lowest BCUT2D eigenvalue weighted by Gasteiger charge is -2.26. The molecule has 1 aromatic carbocycles. The van der Waals surface area contributed by atoms with Crippen LogP contribution in [0.25, 0.3) is 0 Å². The first-order valence-corrected chi connectivity index (χ1v) is 8.16. The minimum absolute atomic E-state index is 0.312. The Balaban J connectivity index is 1.62. The van der Waals surface area contributed by atoms with Crippen molar-refractivity contribution in [2.45, 2.75) is 12.6 Å². The third kappa shape index (κ3) is 4.55. The van der Waals surface area contributed by atoms with Crippen molar-refractivity contribution in [3.63, 3.8) is 0 Å². The van der Waals surface area contributed by atoms with Gasteiger partial charge in [-0.2, -0.15) is 18.2 Å². The van der Waals surface area contributed by atoms with E-state index in [1.807, 2.05) is 4.90 Å². The van der Waals surface area contributed by atoms with Gasteiger partial charge in [0.25, 0.3) is 5.91 Å². The van der Waals surface area contributed by atoms with E-state index in [1.165, 1.54) is 19.2 Å². The molecule has 0 unspecified atom stereocenters. The van der Waals surface area contributed by atoms with Crippen molar-refractivity contribution in [2.24, 2.45) is 0 Å². The van der Waals surface area contributed by atoms with E-state index in [4.69, 9.17) is 4.74 Å². The second-order valence-corrected chi connectivity index (χ2v) is 5.85. The normalized spacial score (nSPS) is 14.5. The van der Waals surface area contributed by atoms with Gasteiger partial charge in [-0.25, -0.2) is 4.98 Å². The molecule has 0 saturated carbocycles. The van der Waals surface area contributed by atoms with Crippen LogP contribution in [-0.2, 0) is 11.0 Å². The van der Waals surface area contributed by atoms with Gasteiger partial charge in [-0.1, -0.05) is 6.08 Å². The number of nitrogens with one attached hydrogen (secondary N) is 1. The number of hydrogen-bond donors (Lipinski definition) is 1. The van der Waals surface area contributed by atoms with E-state index in [1.54, 1.807) is 18.3 Å². The summed E-state index contributed by atoms with van der Waals surface area (Å²) >= 11 is 0. The SMILES string of the molecule is COc1ccnc(N2CC=C(C(=O)Nc3ccc(C(F)(F)F)cc3)CC2)n1. The van der Waals surface area contributed by atoms with Crippen molar-refractivity contribution in [1.82, 2.24) is 9.97 Å². The topological polar surface area (TPSA) is 67.3 Å². The van der Waals surface area contributed by atoms with Gasteiger partial charge in [-0.15, -0.1) is 0 Å². The number of halogens is 3. The van der Waals surface area contributed by atoms with Crippen molar-refractivity contribution < 1.29 is 22.7 Å². The summed E-state index contributed by atoms with van der Waals surface area (Å²) in [6.07, 6.45) is -0.587. The molecule has 0 spiro atoms. The maximum Gasteiger partial charge on any atom is 0.416 e. The molecule has 6 nitrogen and oxygen atoms in total. The van der Waals surface area contributed by atoms with Gasteiger partial charge in [0.1, 0.15) is 0 Å². The number of carbonyl (C=O) groups excluding carboxylic acids is 1. The van der Waals surface area contributed by atoms with Crippen LogP contribution in [-0.4, -0.2) is 36.1 Å². The first-order valence-electron chi connectivity index (χ1n) is 8.16. The molecule has 1 aliphatic heterocycles. The van der Waals surface area contributed by atoms with Crippen molar-refractivity contribution in [1.29, 1.82) is 0 Å². The molecule has 1 aliphatic rings. The van der Waals surface area contributed by atoms with Crippen LogP contribution >= 0.6 is 0 Å². The number of carbonyl (C=O) groups is 1. The molecule has 1 aromatic heterocycles. The third-order valence-electron chi connectivity index (χ3n) is 4.08. The lowest BCUT2D eigenvalue weighted by molar-refractivity contribution is -0.137. The highest BCUT2D eigenvalue weighted by molar-refractivity contribution is 6.04. The van der Waals surface area contributed by atoms with E-state index in [0.29, 0.717) is 42.6 Å². The van der Waals surface area contributed by atoms with Gasteiger partial charge >= 0.3 is 6.18 Å². The highest BCUT2D eigenvalue weighted by Gasteiger charge is 2.30. The van der Waals surface area contributed by atoms with E-state index in [-0.39, 0.29) is 5.91 Å². The number of amides is 1. The molecule has 27 heavy (non-hydrogen) atoms. The van der Waals surface area contributed by atoms with Crippen LogP contribution in [0.3, 0.4) is 0 Å². The number of aromatic nitrogens is 2. The fourth-order valence-electron chi connectivity index (χ4n) is 2.61. The fraction of sp³-hybridized carbons (Fsp3) is 0.278. The molecule has 0 fully saturated rings. The van der Waals surface area contributed by atoms with Crippen LogP contribution in [0.4, 0.5) is 24.8 Å². The Kier molecular flexibility index (Phi) is 5.29. The van der Waals surface area contributed by atoms with Gasteiger partial charge in [0.15, 0.2) is 0 Å². The molecule has 142 valence electrons. The van der Waals surface area contributed by atoms with Crippen LogP contribution in [0.1, 0.15) is 12.0 Å². The summed E-state index contributed by atoms with van der Waals surface area (Å²) in [5.74, 6) is 0.628. The maximum absolute atomic E-state index is 12.6. The molecule has 0 radical (unpaired) electrons. The number of anilines is 2. The zero-order valence-electron chi connectivity index (χ0n) is 14.5. The summed E-state index contributed by atoms with van der Waals surface area (Å²) in [7, 11) is 1.52. The van der Waals surface area contributed by atoms with Crippen LogP contribution in [0.5, 0.6) is 5.88 Å². The lowest BCUT2D eigenvalue weighted by Crippen LogP contribution is -2.32. The number of hydrogen-bond acceptors (Lipinski definition) is 5. The van der Waals surface area contributed by atoms with Gasteiger partial charge in [-0.3, -0.25) is 4.79 Å². The number of rotatable bonds is 4. The summed E-state index contributed by atoms with van der Waals surface area (Å²) in [6, 6.07) is 5.99.